The standard InChI is InChI=1S/C21H25NO3Si/c1-26(2,3)25-21(24)18-14-15-19(23)22(18)20(16-10-6-4-7-11-16)17-12-8-5-9-13-17/h4-13,18,20H,14-15H2,1-3H3/t18-/m0/s1. The maximum absolute atomic E-state index is 12.8. The molecule has 3 rings (SSSR count). The molecule has 1 amide bonds. The molecule has 0 N–H and O–H groups in total. The van der Waals surface area contributed by atoms with Crippen molar-refractivity contribution in [2.24, 2.45) is 0 Å². The summed E-state index contributed by atoms with van der Waals surface area (Å²) in [6.07, 6.45) is 0.889. The second-order valence-electron chi connectivity index (χ2n) is 7.61. The highest BCUT2D eigenvalue weighted by molar-refractivity contribution is 6.71. The van der Waals surface area contributed by atoms with Crippen LogP contribution in [0.5, 0.6) is 0 Å². The van der Waals surface area contributed by atoms with Crippen LogP contribution in [-0.2, 0) is 14.0 Å². The predicted molar refractivity (Wildman–Crippen MR) is 104 cm³/mol. The highest BCUT2D eigenvalue weighted by atomic mass is 28.4. The average molecular weight is 368 g/mol. The van der Waals surface area contributed by atoms with E-state index >= 15 is 0 Å². The number of hydrogen-bond acceptors (Lipinski definition) is 3. The lowest BCUT2D eigenvalue weighted by molar-refractivity contribution is -0.145. The number of nitrogens with zero attached hydrogens (tertiary/aromatic N) is 1. The third kappa shape index (κ3) is 4.04. The Morgan fingerprint density at radius 1 is 1.00 bits per heavy atom. The molecule has 0 aromatic heterocycles. The number of amides is 1. The van der Waals surface area contributed by atoms with Crippen LogP contribution < -0.4 is 0 Å². The van der Waals surface area contributed by atoms with E-state index in [1.807, 2.05) is 80.3 Å². The second kappa shape index (κ2) is 7.46. The molecule has 1 fully saturated rings. The van der Waals surface area contributed by atoms with E-state index in [0.717, 1.165) is 11.1 Å². The van der Waals surface area contributed by atoms with Crippen molar-refractivity contribution < 1.29 is 14.0 Å². The molecular formula is C21H25NO3Si. The number of likely N-dealkylation sites (tertiary alicyclic amines) is 1. The summed E-state index contributed by atoms with van der Waals surface area (Å²) in [6, 6.07) is 18.9. The molecule has 0 aliphatic carbocycles. The maximum atomic E-state index is 12.8. The van der Waals surface area contributed by atoms with Crippen LogP contribution in [0.3, 0.4) is 0 Å². The first-order chi connectivity index (χ1) is 12.4. The second-order valence-corrected chi connectivity index (χ2v) is 12.0. The SMILES string of the molecule is C[Si](C)(C)OC(=O)[C@@H]1CCC(=O)N1C(c1ccccc1)c1ccccc1. The van der Waals surface area contributed by atoms with Gasteiger partial charge in [0.1, 0.15) is 6.04 Å². The quantitative estimate of drug-likeness (QED) is 0.746. The fourth-order valence-corrected chi connectivity index (χ4v) is 4.15. The van der Waals surface area contributed by atoms with Crippen molar-refractivity contribution in [3.8, 4) is 0 Å². The molecule has 0 radical (unpaired) electrons. The van der Waals surface area contributed by atoms with Crippen LogP contribution in [-0.4, -0.2) is 31.1 Å². The number of rotatable bonds is 5. The van der Waals surface area contributed by atoms with E-state index in [1.54, 1.807) is 4.90 Å². The van der Waals surface area contributed by atoms with Crippen molar-refractivity contribution >= 4 is 20.2 Å². The molecule has 1 aliphatic heterocycles. The summed E-state index contributed by atoms with van der Waals surface area (Å²) in [4.78, 5) is 27.3. The van der Waals surface area contributed by atoms with Gasteiger partial charge in [-0.15, -0.1) is 0 Å². The lowest BCUT2D eigenvalue weighted by atomic mass is 9.96. The number of carbonyl (C=O) groups is 2. The summed E-state index contributed by atoms with van der Waals surface area (Å²) in [7, 11) is -2.02. The van der Waals surface area contributed by atoms with Gasteiger partial charge in [0, 0.05) is 6.42 Å². The van der Waals surface area contributed by atoms with Gasteiger partial charge in [0.15, 0.2) is 0 Å². The first-order valence-corrected chi connectivity index (χ1v) is 12.4. The lowest BCUT2D eigenvalue weighted by Gasteiger charge is -2.34. The molecule has 1 atom stereocenters. The summed E-state index contributed by atoms with van der Waals surface area (Å²) in [6.45, 7) is 5.95. The molecule has 2 aromatic carbocycles. The minimum Gasteiger partial charge on any atom is -0.518 e. The number of hydrogen-bond donors (Lipinski definition) is 0. The van der Waals surface area contributed by atoms with Gasteiger partial charge in [-0.3, -0.25) is 9.59 Å². The predicted octanol–water partition coefficient (Wildman–Crippen LogP) is 4.15. The van der Waals surface area contributed by atoms with Gasteiger partial charge < -0.3 is 9.33 Å². The van der Waals surface area contributed by atoms with E-state index < -0.39 is 14.4 Å². The normalized spacial score (nSPS) is 17.6. The average Bonchev–Trinajstić information content (AvgIpc) is 2.97. The summed E-state index contributed by atoms with van der Waals surface area (Å²) in [5, 5.41) is 0. The molecule has 0 unspecified atom stereocenters. The van der Waals surface area contributed by atoms with Gasteiger partial charge in [0.2, 0.25) is 14.2 Å². The van der Waals surface area contributed by atoms with Crippen LogP contribution >= 0.6 is 0 Å². The molecule has 4 nitrogen and oxygen atoms in total. The Bertz CT molecular complexity index is 731. The van der Waals surface area contributed by atoms with Crippen LogP contribution in [0.4, 0.5) is 0 Å². The van der Waals surface area contributed by atoms with E-state index in [0.29, 0.717) is 12.8 Å². The first kappa shape index (κ1) is 18.4. The topological polar surface area (TPSA) is 46.6 Å². The molecule has 0 bridgehead atoms. The maximum Gasteiger partial charge on any atom is 0.315 e. The fourth-order valence-electron chi connectivity index (χ4n) is 3.41. The monoisotopic (exact) mass is 367 g/mol. The van der Waals surface area contributed by atoms with E-state index in [9.17, 15) is 9.59 Å². The summed E-state index contributed by atoms with van der Waals surface area (Å²) in [5.41, 5.74) is 2.00. The third-order valence-electron chi connectivity index (χ3n) is 4.44. The van der Waals surface area contributed by atoms with Crippen molar-refractivity contribution in [1.82, 2.24) is 4.90 Å². The highest BCUT2D eigenvalue weighted by Crippen LogP contribution is 2.36. The largest absolute Gasteiger partial charge is 0.518 e. The van der Waals surface area contributed by atoms with E-state index in [2.05, 4.69) is 0 Å². The number of benzene rings is 2. The van der Waals surface area contributed by atoms with E-state index in [1.165, 1.54) is 0 Å². The van der Waals surface area contributed by atoms with Gasteiger partial charge in [-0.1, -0.05) is 60.7 Å². The van der Waals surface area contributed by atoms with Crippen LogP contribution in [0.25, 0.3) is 0 Å². The first-order valence-electron chi connectivity index (χ1n) is 9.01. The minimum absolute atomic E-state index is 0.000215. The van der Waals surface area contributed by atoms with Gasteiger partial charge >= 0.3 is 5.97 Å². The smallest absolute Gasteiger partial charge is 0.315 e. The van der Waals surface area contributed by atoms with Crippen molar-refractivity contribution in [2.75, 3.05) is 0 Å². The Kier molecular flexibility index (Phi) is 5.27. The van der Waals surface area contributed by atoms with Crippen LogP contribution in [0.15, 0.2) is 60.7 Å². The zero-order valence-electron chi connectivity index (χ0n) is 15.5. The molecule has 2 aromatic rings. The van der Waals surface area contributed by atoms with E-state index in [-0.39, 0.29) is 17.9 Å². The Hall–Kier alpha value is -2.40. The van der Waals surface area contributed by atoms with Crippen molar-refractivity contribution in [2.45, 2.75) is 44.6 Å². The zero-order valence-corrected chi connectivity index (χ0v) is 16.5. The van der Waals surface area contributed by atoms with E-state index in [4.69, 9.17) is 4.43 Å². The van der Waals surface area contributed by atoms with Crippen molar-refractivity contribution in [3.63, 3.8) is 0 Å². The van der Waals surface area contributed by atoms with Crippen molar-refractivity contribution in [1.29, 1.82) is 0 Å². The van der Waals surface area contributed by atoms with Crippen LogP contribution in [0.1, 0.15) is 30.0 Å². The molecule has 1 heterocycles. The minimum atomic E-state index is -2.02. The fraction of sp³-hybridized carbons (Fsp3) is 0.333. The van der Waals surface area contributed by atoms with Crippen LogP contribution in [0, 0.1) is 0 Å². The molecule has 0 saturated carbocycles. The summed E-state index contributed by atoms with van der Waals surface area (Å²) >= 11 is 0. The van der Waals surface area contributed by atoms with Crippen LogP contribution in [0.2, 0.25) is 19.6 Å². The molecule has 0 spiro atoms. The number of carbonyl (C=O) groups excluding carboxylic acids is 2. The summed E-state index contributed by atoms with van der Waals surface area (Å²) < 4.78 is 5.73. The molecule has 1 saturated heterocycles. The van der Waals surface area contributed by atoms with Gasteiger partial charge in [-0.25, -0.2) is 0 Å². The third-order valence-corrected chi connectivity index (χ3v) is 5.26. The molecule has 26 heavy (non-hydrogen) atoms. The van der Waals surface area contributed by atoms with Gasteiger partial charge in [0.25, 0.3) is 0 Å². The Morgan fingerprint density at radius 3 is 1.96 bits per heavy atom. The lowest BCUT2D eigenvalue weighted by Crippen LogP contribution is -2.45. The molecule has 5 heteroatoms. The summed E-state index contributed by atoms with van der Waals surface area (Å²) in [5.74, 6) is -0.271. The molecule has 136 valence electrons. The molecular weight excluding hydrogens is 342 g/mol. The van der Waals surface area contributed by atoms with Crippen molar-refractivity contribution in [3.05, 3.63) is 71.8 Å². The molecule has 1 aliphatic rings. The Labute approximate surface area is 155 Å². The van der Waals surface area contributed by atoms with Gasteiger partial charge in [-0.2, -0.15) is 0 Å². The zero-order chi connectivity index (χ0) is 18.7. The Morgan fingerprint density at radius 2 is 1.50 bits per heavy atom. The highest BCUT2D eigenvalue weighted by Gasteiger charge is 2.43. The van der Waals surface area contributed by atoms with Gasteiger partial charge in [0.05, 0.1) is 6.04 Å². The Balaban J connectivity index is 2.01. The van der Waals surface area contributed by atoms with Gasteiger partial charge in [-0.05, 0) is 37.2 Å².